The van der Waals surface area contributed by atoms with Crippen LogP contribution in [0.15, 0.2) is 0 Å². The Kier molecular flexibility index (Phi) is 7.09. The van der Waals surface area contributed by atoms with E-state index in [2.05, 4.69) is 18.9 Å². The highest BCUT2D eigenvalue weighted by atomic mass is 16.5. The van der Waals surface area contributed by atoms with Crippen molar-refractivity contribution in [3.8, 4) is 0 Å². The molecule has 0 aromatic carbocycles. The molecular formula is C14H29NO2. The monoisotopic (exact) mass is 243 g/mol. The van der Waals surface area contributed by atoms with E-state index in [9.17, 15) is 5.11 Å². The van der Waals surface area contributed by atoms with Gasteiger partial charge in [0.25, 0.3) is 0 Å². The molecule has 1 N–H and O–H groups in total. The third-order valence-electron chi connectivity index (χ3n) is 4.01. The lowest BCUT2D eigenvalue weighted by molar-refractivity contribution is 0.0101. The number of nitrogens with zero attached hydrogens (tertiary/aromatic N) is 1. The molecule has 3 unspecified atom stereocenters. The second-order valence-corrected chi connectivity index (χ2v) is 5.43. The third kappa shape index (κ3) is 4.94. The molecule has 17 heavy (non-hydrogen) atoms. The summed E-state index contributed by atoms with van der Waals surface area (Å²) in [5.41, 5.74) is 0. The summed E-state index contributed by atoms with van der Waals surface area (Å²) in [4.78, 5) is 2.32. The quantitative estimate of drug-likeness (QED) is 0.696. The summed E-state index contributed by atoms with van der Waals surface area (Å²) in [7, 11) is 3.88. The standard InChI is InChI=1S/C14H29NO2/c1-4-6-12-7-8-14(16)13(11-12)15(2)9-5-10-17-3/h12-14,16H,4-11H2,1-3H3. The van der Waals surface area contributed by atoms with Crippen molar-refractivity contribution in [3.05, 3.63) is 0 Å². The Morgan fingerprint density at radius 3 is 2.76 bits per heavy atom. The molecule has 1 fully saturated rings. The Morgan fingerprint density at radius 2 is 2.12 bits per heavy atom. The van der Waals surface area contributed by atoms with Crippen molar-refractivity contribution in [3.63, 3.8) is 0 Å². The highest BCUT2D eigenvalue weighted by Crippen LogP contribution is 2.30. The van der Waals surface area contributed by atoms with Gasteiger partial charge in [-0.05, 0) is 38.6 Å². The summed E-state index contributed by atoms with van der Waals surface area (Å²) >= 11 is 0. The van der Waals surface area contributed by atoms with Crippen molar-refractivity contribution in [1.82, 2.24) is 4.90 Å². The van der Waals surface area contributed by atoms with Crippen LogP contribution in [0.3, 0.4) is 0 Å². The molecule has 1 aliphatic carbocycles. The number of aliphatic hydroxyl groups excluding tert-OH is 1. The first-order chi connectivity index (χ1) is 8.19. The van der Waals surface area contributed by atoms with Gasteiger partial charge in [-0.2, -0.15) is 0 Å². The van der Waals surface area contributed by atoms with Crippen LogP contribution in [0.25, 0.3) is 0 Å². The maximum atomic E-state index is 10.1. The maximum Gasteiger partial charge on any atom is 0.0695 e. The van der Waals surface area contributed by atoms with Gasteiger partial charge >= 0.3 is 0 Å². The van der Waals surface area contributed by atoms with Gasteiger partial charge in [0.05, 0.1) is 6.10 Å². The molecule has 0 heterocycles. The number of likely N-dealkylation sites (N-methyl/N-ethyl adjacent to an activating group) is 1. The summed E-state index contributed by atoms with van der Waals surface area (Å²) in [5.74, 6) is 0.818. The average molecular weight is 243 g/mol. The fraction of sp³-hybridized carbons (Fsp3) is 1.00. The lowest BCUT2D eigenvalue weighted by Crippen LogP contribution is -2.46. The minimum atomic E-state index is -0.129. The smallest absolute Gasteiger partial charge is 0.0695 e. The fourth-order valence-corrected chi connectivity index (χ4v) is 2.98. The van der Waals surface area contributed by atoms with Crippen molar-refractivity contribution in [1.29, 1.82) is 0 Å². The van der Waals surface area contributed by atoms with E-state index in [1.165, 1.54) is 25.7 Å². The van der Waals surface area contributed by atoms with Gasteiger partial charge < -0.3 is 14.7 Å². The number of ether oxygens (including phenoxy) is 1. The molecule has 1 aliphatic rings. The van der Waals surface area contributed by atoms with Crippen molar-refractivity contribution in [2.24, 2.45) is 5.92 Å². The highest BCUT2D eigenvalue weighted by Gasteiger charge is 2.31. The van der Waals surface area contributed by atoms with E-state index in [1.807, 2.05) is 0 Å². The summed E-state index contributed by atoms with van der Waals surface area (Å²) in [6.07, 6.45) is 6.85. The van der Waals surface area contributed by atoms with Crippen LogP contribution >= 0.6 is 0 Å². The number of hydrogen-bond acceptors (Lipinski definition) is 3. The van der Waals surface area contributed by atoms with E-state index in [4.69, 9.17) is 4.74 Å². The zero-order valence-electron chi connectivity index (χ0n) is 11.7. The van der Waals surface area contributed by atoms with E-state index in [-0.39, 0.29) is 6.10 Å². The lowest BCUT2D eigenvalue weighted by atomic mass is 9.81. The molecule has 0 aromatic heterocycles. The van der Waals surface area contributed by atoms with Crippen LogP contribution in [0.5, 0.6) is 0 Å². The molecule has 0 saturated heterocycles. The Hall–Kier alpha value is -0.120. The van der Waals surface area contributed by atoms with Crippen LogP contribution in [-0.2, 0) is 4.74 Å². The van der Waals surface area contributed by atoms with E-state index < -0.39 is 0 Å². The molecule has 0 spiro atoms. The molecule has 3 nitrogen and oxygen atoms in total. The molecule has 102 valence electrons. The Balaban J connectivity index is 2.36. The van der Waals surface area contributed by atoms with Crippen molar-refractivity contribution in [2.45, 2.75) is 57.6 Å². The SMILES string of the molecule is CCCC1CCC(O)C(N(C)CCCOC)C1. The second kappa shape index (κ2) is 8.06. The molecule has 0 aromatic rings. The van der Waals surface area contributed by atoms with Gasteiger partial charge in [0, 0.05) is 26.3 Å². The molecule has 0 amide bonds. The normalized spacial score (nSPS) is 29.8. The second-order valence-electron chi connectivity index (χ2n) is 5.43. The van der Waals surface area contributed by atoms with Gasteiger partial charge in [0.2, 0.25) is 0 Å². The molecule has 3 atom stereocenters. The first-order valence-corrected chi connectivity index (χ1v) is 7.06. The Bertz CT molecular complexity index is 199. The van der Waals surface area contributed by atoms with Crippen LogP contribution in [0.4, 0.5) is 0 Å². The van der Waals surface area contributed by atoms with Crippen LogP contribution in [0.1, 0.15) is 45.4 Å². The number of aliphatic hydroxyl groups is 1. The average Bonchev–Trinajstić information content (AvgIpc) is 2.32. The zero-order chi connectivity index (χ0) is 12.7. The van der Waals surface area contributed by atoms with Gasteiger partial charge in [-0.1, -0.05) is 19.8 Å². The maximum absolute atomic E-state index is 10.1. The predicted octanol–water partition coefficient (Wildman–Crippen LogP) is 2.28. The number of rotatable bonds is 7. The molecule has 0 aliphatic heterocycles. The summed E-state index contributed by atoms with van der Waals surface area (Å²) in [6.45, 7) is 4.09. The van der Waals surface area contributed by atoms with Crippen molar-refractivity contribution < 1.29 is 9.84 Å². The third-order valence-corrected chi connectivity index (χ3v) is 4.01. The van der Waals surface area contributed by atoms with E-state index in [0.717, 1.165) is 31.9 Å². The largest absolute Gasteiger partial charge is 0.391 e. The Labute approximate surface area is 106 Å². The van der Waals surface area contributed by atoms with Crippen LogP contribution in [-0.4, -0.2) is 49.5 Å². The molecule has 1 rings (SSSR count). The van der Waals surface area contributed by atoms with Crippen LogP contribution in [0, 0.1) is 5.92 Å². The first-order valence-electron chi connectivity index (χ1n) is 7.06. The van der Waals surface area contributed by atoms with E-state index >= 15 is 0 Å². The zero-order valence-corrected chi connectivity index (χ0v) is 11.7. The first kappa shape index (κ1) is 14.9. The minimum absolute atomic E-state index is 0.129. The summed E-state index contributed by atoms with van der Waals surface area (Å²) in [6, 6.07) is 0.358. The molecule has 0 bridgehead atoms. The predicted molar refractivity (Wildman–Crippen MR) is 71.2 cm³/mol. The summed E-state index contributed by atoms with van der Waals surface area (Å²) in [5, 5.41) is 10.1. The molecule has 3 heteroatoms. The summed E-state index contributed by atoms with van der Waals surface area (Å²) < 4.78 is 5.08. The lowest BCUT2D eigenvalue weighted by Gasteiger charge is -2.39. The van der Waals surface area contributed by atoms with E-state index in [0.29, 0.717) is 6.04 Å². The van der Waals surface area contributed by atoms with Gasteiger partial charge in [-0.25, -0.2) is 0 Å². The Morgan fingerprint density at radius 1 is 1.35 bits per heavy atom. The van der Waals surface area contributed by atoms with Crippen molar-refractivity contribution in [2.75, 3.05) is 27.3 Å². The number of hydrogen-bond donors (Lipinski definition) is 1. The molecule has 1 saturated carbocycles. The van der Waals surface area contributed by atoms with Gasteiger partial charge in [0.1, 0.15) is 0 Å². The van der Waals surface area contributed by atoms with Gasteiger partial charge in [-0.3, -0.25) is 0 Å². The minimum Gasteiger partial charge on any atom is -0.391 e. The van der Waals surface area contributed by atoms with Crippen LogP contribution in [0.2, 0.25) is 0 Å². The number of methoxy groups -OCH3 is 1. The van der Waals surface area contributed by atoms with Gasteiger partial charge in [-0.15, -0.1) is 0 Å². The van der Waals surface area contributed by atoms with E-state index in [1.54, 1.807) is 7.11 Å². The highest BCUT2D eigenvalue weighted by molar-refractivity contribution is 4.85. The molecular weight excluding hydrogens is 214 g/mol. The van der Waals surface area contributed by atoms with Crippen LogP contribution < -0.4 is 0 Å². The van der Waals surface area contributed by atoms with Gasteiger partial charge in [0.15, 0.2) is 0 Å². The fourth-order valence-electron chi connectivity index (χ4n) is 2.98. The molecule has 0 radical (unpaired) electrons. The van der Waals surface area contributed by atoms with Crippen molar-refractivity contribution >= 4 is 0 Å². The topological polar surface area (TPSA) is 32.7 Å².